The van der Waals surface area contributed by atoms with Gasteiger partial charge in [0.2, 0.25) is 11.2 Å². The lowest BCUT2D eigenvalue weighted by Crippen LogP contribution is -2.17. The lowest BCUT2D eigenvalue weighted by atomic mass is 10.1. The van der Waals surface area contributed by atoms with Crippen LogP contribution >= 0.6 is 11.6 Å². The molecule has 0 atom stereocenters. The molecule has 4 rings (SSSR count). The maximum absolute atomic E-state index is 13.2. The number of fused-ring (bicyclic) bond motifs is 1. The third-order valence-electron chi connectivity index (χ3n) is 4.92. The first kappa shape index (κ1) is 21.5. The number of benzene rings is 3. The summed E-state index contributed by atoms with van der Waals surface area (Å²) in [6.07, 6.45) is 0. The van der Waals surface area contributed by atoms with Crippen LogP contribution in [0.1, 0.15) is 10.4 Å². The molecule has 0 saturated heterocycles. The van der Waals surface area contributed by atoms with E-state index < -0.39 is 0 Å². The van der Waals surface area contributed by atoms with Gasteiger partial charge in [-0.15, -0.1) is 0 Å². The smallest absolute Gasteiger partial charge is 0.235 e. The van der Waals surface area contributed by atoms with Crippen LogP contribution in [-0.2, 0) is 0 Å². The fourth-order valence-electron chi connectivity index (χ4n) is 3.28. The van der Waals surface area contributed by atoms with Crippen molar-refractivity contribution in [3.63, 3.8) is 0 Å². The van der Waals surface area contributed by atoms with Gasteiger partial charge in [-0.1, -0.05) is 23.7 Å². The molecule has 162 valence electrons. The second-order valence-corrected chi connectivity index (χ2v) is 7.31. The highest BCUT2D eigenvalue weighted by atomic mass is 35.5. The van der Waals surface area contributed by atoms with E-state index in [0.29, 0.717) is 38.6 Å². The number of methoxy groups -OCH3 is 2. The fraction of sp³-hybridized carbons (Fsp3) is 0.120. The molecule has 0 spiro atoms. The molecule has 4 aromatic rings. The molecular formula is C25H19ClO6. The van der Waals surface area contributed by atoms with E-state index in [2.05, 4.69) is 0 Å². The van der Waals surface area contributed by atoms with E-state index in [1.54, 1.807) is 66.7 Å². The van der Waals surface area contributed by atoms with Crippen LogP contribution in [0.25, 0.3) is 22.3 Å². The van der Waals surface area contributed by atoms with Gasteiger partial charge >= 0.3 is 0 Å². The molecule has 0 fully saturated rings. The quantitative estimate of drug-likeness (QED) is 0.351. The third kappa shape index (κ3) is 4.18. The summed E-state index contributed by atoms with van der Waals surface area (Å²) < 4.78 is 22.4. The zero-order chi connectivity index (χ0) is 22.7. The van der Waals surface area contributed by atoms with Gasteiger partial charge in [0, 0.05) is 16.1 Å². The first-order valence-electron chi connectivity index (χ1n) is 9.71. The number of hydrogen-bond donors (Lipinski definition) is 0. The van der Waals surface area contributed by atoms with Crippen molar-refractivity contribution in [3.05, 3.63) is 87.5 Å². The molecule has 0 bridgehead atoms. The Balaban J connectivity index is 1.78. The van der Waals surface area contributed by atoms with Crippen molar-refractivity contribution >= 4 is 28.4 Å². The lowest BCUT2D eigenvalue weighted by Gasteiger charge is -2.13. The molecule has 1 aromatic heterocycles. The number of halogens is 1. The molecule has 0 amide bonds. The molecule has 32 heavy (non-hydrogen) atoms. The number of ether oxygens (including phenoxy) is 3. The number of para-hydroxylation sites is 1. The Kier molecular flexibility index (Phi) is 6.14. The maximum Gasteiger partial charge on any atom is 0.235 e. The van der Waals surface area contributed by atoms with E-state index in [1.807, 2.05) is 0 Å². The summed E-state index contributed by atoms with van der Waals surface area (Å²) in [4.78, 5) is 25.8. The molecule has 6 nitrogen and oxygen atoms in total. The molecule has 0 aliphatic rings. The third-order valence-corrected chi connectivity index (χ3v) is 5.17. The van der Waals surface area contributed by atoms with Crippen molar-refractivity contribution in [2.45, 2.75) is 0 Å². The minimum absolute atomic E-state index is 0.0572. The molecule has 0 radical (unpaired) electrons. The Bertz CT molecular complexity index is 1340. The second kappa shape index (κ2) is 9.16. The number of ketones is 1. The van der Waals surface area contributed by atoms with Gasteiger partial charge in [-0.05, 0) is 54.6 Å². The van der Waals surface area contributed by atoms with E-state index in [0.717, 1.165) is 0 Å². The van der Waals surface area contributed by atoms with Gasteiger partial charge < -0.3 is 18.6 Å². The SMILES string of the molecule is COc1ccc(-c2oc3ccccc3c(=O)c2OCC(=O)c2ccc(Cl)cc2)cc1OC. The van der Waals surface area contributed by atoms with Crippen LogP contribution in [0.2, 0.25) is 5.02 Å². The summed E-state index contributed by atoms with van der Waals surface area (Å²) in [5.74, 6) is 0.827. The van der Waals surface area contributed by atoms with Gasteiger partial charge in [0.1, 0.15) is 5.58 Å². The average Bonchev–Trinajstić information content (AvgIpc) is 2.83. The summed E-state index contributed by atoms with van der Waals surface area (Å²) in [6.45, 7) is -0.342. The average molecular weight is 451 g/mol. The maximum atomic E-state index is 13.2. The predicted molar refractivity (Wildman–Crippen MR) is 122 cm³/mol. The zero-order valence-corrected chi connectivity index (χ0v) is 18.1. The molecule has 0 aliphatic carbocycles. The van der Waals surface area contributed by atoms with E-state index in [1.165, 1.54) is 14.2 Å². The van der Waals surface area contributed by atoms with Crippen molar-refractivity contribution < 1.29 is 23.4 Å². The van der Waals surface area contributed by atoms with E-state index in [4.69, 9.17) is 30.2 Å². The van der Waals surface area contributed by atoms with Gasteiger partial charge in [-0.25, -0.2) is 0 Å². The summed E-state index contributed by atoms with van der Waals surface area (Å²) in [6, 6.07) is 18.4. The molecule has 7 heteroatoms. The summed E-state index contributed by atoms with van der Waals surface area (Å²) in [5.41, 5.74) is 0.992. The van der Waals surface area contributed by atoms with Crippen molar-refractivity contribution in [2.24, 2.45) is 0 Å². The minimum atomic E-state index is -0.374. The van der Waals surface area contributed by atoms with Crippen LogP contribution in [0.4, 0.5) is 0 Å². The normalized spacial score (nSPS) is 10.7. The molecule has 0 unspecified atom stereocenters. The Labute approximate surface area is 188 Å². The molecule has 1 heterocycles. The number of carbonyl (C=O) groups excluding carboxylic acids is 1. The molecule has 0 aliphatic heterocycles. The largest absolute Gasteiger partial charge is 0.493 e. The van der Waals surface area contributed by atoms with Crippen LogP contribution in [0, 0.1) is 0 Å². The molecule has 0 N–H and O–H groups in total. The number of hydrogen-bond acceptors (Lipinski definition) is 6. The van der Waals surface area contributed by atoms with Crippen molar-refractivity contribution in [3.8, 4) is 28.6 Å². The topological polar surface area (TPSA) is 75.0 Å². The number of carbonyl (C=O) groups is 1. The summed E-state index contributed by atoms with van der Waals surface area (Å²) >= 11 is 5.89. The van der Waals surface area contributed by atoms with Gasteiger partial charge in [0.15, 0.2) is 29.6 Å². The Hall–Kier alpha value is -3.77. The molecular weight excluding hydrogens is 432 g/mol. The van der Waals surface area contributed by atoms with Crippen molar-refractivity contribution in [2.75, 3.05) is 20.8 Å². The first-order valence-corrected chi connectivity index (χ1v) is 10.1. The van der Waals surface area contributed by atoms with Crippen LogP contribution < -0.4 is 19.6 Å². The Morgan fingerprint density at radius 1 is 0.938 bits per heavy atom. The standard InChI is InChI=1S/C25H19ClO6/c1-29-21-12-9-16(13-22(21)30-2)24-25(23(28)18-5-3-4-6-20(18)32-24)31-14-19(27)15-7-10-17(26)11-8-15/h3-13H,14H2,1-2H3. The molecule has 0 saturated carbocycles. The van der Waals surface area contributed by atoms with E-state index >= 15 is 0 Å². The highest BCUT2D eigenvalue weighted by molar-refractivity contribution is 6.30. The van der Waals surface area contributed by atoms with Gasteiger partial charge in [0.25, 0.3) is 0 Å². The zero-order valence-electron chi connectivity index (χ0n) is 17.4. The first-order chi connectivity index (χ1) is 15.5. The number of rotatable bonds is 7. The van der Waals surface area contributed by atoms with E-state index in [9.17, 15) is 9.59 Å². The van der Waals surface area contributed by atoms with Crippen LogP contribution in [0.3, 0.4) is 0 Å². The highest BCUT2D eigenvalue weighted by Crippen LogP contribution is 2.36. The molecule has 3 aromatic carbocycles. The van der Waals surface area contributed by atoms with Crippen LogP contribution in [0.5, 0.6) is 17.2 Å². The van der Waals surface area contributed by atoms with Crippen LogP contribution in [0.15, 0.2) is 75.9 Å². The van der Waals surface area contributed by atoms with Crippen LogP contribution in [-0.4, -0.2) is 26.6 Å². The Morgan fingerprint density at radius 3 is 2.38 bits per heavy atom. The monoisotopic (exact) mass is 450 g/mol. The van der Waals surface area contributed by atoms with Gasteiger partial charge in [-0.3, -0.25) is 9.59 Å². The lowest BCUT2D eigenvalue weighted by molar-refractivity contribution is 0.0920. The minimum Gasteiger partial charge on any atom is -0.493 e. The summed E-state index contributed by atoms with van der Waals surface area (Å²) in [5, 5.41) is 0.874. The number of Topliss-reactive ketones (excluding diaryl/α,β-unsaturated/α-hetero) is 1. The van der Waals surface area contributed by atoms with E-state index in [-0.39, 0.29) is 29.3 Å². The fourth-order valence-corrected chi connectivity index (χ4v) is 3.41. The van der Waals surface area contributed by atoms with Crippen molar-refractivity contribution in [1.29, 1.82) is 0 Å². The van der Waals surface area contributed by atoms with Gasteiger partial charge in [0.05, 0.1) is 19.6 Å². The highest BCUT2D eigenvalue weighted by Gasteiger charge is 2.20. The Morgan fingerprint density at radius 2 is 1.66 bits per heavy atom. The van der Waals surface area contributed by atoms with Crippen molar-refractivity contribution in [1.82, 2.24) is 0 Å². The van der Waals surface area contributed by atoms with Gasteiger partial charge in [-0.2, -0.15) is 0 Å². The second-order valence-electron chi connectivity index (χ2n) is 6.87. The summed E-state index contributed by atoms with van der Waals surface area (Å²) in [7, 11) is 3.05. The predicted octanol–water partition coefficient (Wildman–Crippen LogP) is 5.39.